The Morgan fingerprint density at radius 1 is 0.577 bits per heavy atom. The number of hydrogen-bond donors (Lipinski definition) is 7. The first kappa shape index (κ1) is 51.9. The minimum atomic E-state index is -4.37. The molecular weight excluding hydrogens is 1040 g/mol. The van der Waals surface area contributed by atoms with E-state index in [1.807, 2.05) is 0 Å². The lowest BCUT2D eigenvalue weighted by Gasteiger charge is -2.29. The van der Waals surface area contributed by atoms with E-state index in [4.69, 9.17) is 91.6 Å². The number of aliphatic hydroxyl groups is 2. The van der Waals surface area contributed by atoms with Crippen molar-refractivity contribution in [1.29, 1.82) is 0 Å². The summed E-state index contributed by atoms with van der Waals surface area (Å²) in [6.45, 7) is -9.83. The molecule has 6 aromatic heterocycles. The summed E-state index contributed by atoms with van der Waals surface area (Å²) in [5.74, 6) is 0.230. The van der Waals surface area contributed by atoms with Gasteiger partial charge in [-0.05, 0) is 30.0 Å². The van der Waals surface area contributed by atoms with E-state index >= 15 is 0 Å². The number of nitrogens with zero attached hydrogens (tertiary/aromatic N) is 12. The maximum atomic E-state index is 13.1. The van der Waals surface area contributed by atoms with Crippen LogP contribution in [0.5, 0.6) is 0 Å². The number of aromatic nitrogens is 12. The van der Waals surface area contributed by atoms with E-state index in [0.717, 1.165) is 0 Å². The Bertz CT molecular complexity index is 3030. The van der Waals surface area contributed by atoms with E-state index < -0.39 is 108 Å². The fraction of sp³-hybridized carbons (Fsp3) is 0.571. The first-order valence-electron chi connectivity index (χ1n) is 21.1. The highest BCUT2D eigenvalue weighted by atomic mass is 32.5. The SMILES string of the molecule is CO[C@H]1[C@@H](O[P@@](O)(=S)OC[C@H]2O[C@@H](n3cnc4c(N)ncnc43)[C@H](O[P@](O)(=S)OC[C@H]3O[C@@H](n4cnc5c(N)ncnc54)[C@H](O)[C@@H]3O)[C@@H]2OC)[C@H](n2cnc3c(N)ncnc32)O[C@@H]1CCP(=O)(OC)OC. The summed E-state index contributed by atoms with van der Waals surface area (Å²) in [5, 5.41) is 22.0. The molecule has 0 radical (unpaired) electrons. The molecule has 31 nitrogen and oxygen atoms in total. The van der Waals surface area contributed by atoms with Gasteiger partial charge < -0.3 is 79.0 Å². The Hall–Kier alpha value is -4.02. The van der Waals surface area contributed by atoms with Gasteiger partial charge in [0.15, 0.2) is 53.1 Å². The monoisotopic (exact) mass is 1090 g/mol. The van der Waals surface area contributed by atoms with Crippen LogP contribution in [0.4, 0.5) is 17.5 Å². The Morgan fingerprint density at radius 2 is 0.972 bits per heavy atom. The van der Waals surface area contributed by atoms with E-state index in [-0.39, 0.29) is 63.5 Å². The predicted molar refractivity (Wildman–Crippen MR) is 250 cm³/mol. The normalized spacial score (nSPS) is 29.9. The molecule has 3 aliphatic heterocycles. The first-order valence-corrected chi connectivity index (χ1v) is 28.0. The van der Waals surface area contributed by atoms with Crippen molar-refractivity contribution >= 4 is 95.6 Å². The van der Waals surface area contributed by atoms with E-state index in [1.165, 1.54) is 80.1 Å². The quantitative estimate of drug-likeness (QED) is 0.0487. The Kier molecular flexibility index (Phi) is 15.1. The van der Waals surface area contributed by atoms with Crippen molar-refractivity contribution in [3.63, 3.8) is 0 Å². The van der Waals surface area contributed by atoms with Crippen molar-refractivity contribution in [2.24, 2.45) is 0 Å². The summed E-state index contributed by atoms with van der Waals surface area (Å²) in [5.41, 5.74) is 19.5. The lowest BCUT2D eigenvalue weighted by Crippen LogP contribution is -2.38. The average Bonchev–Trinajstić information content (AvgIpc) is 4.22. The molecule has 0 aromatic carbocycles. The van der Waals surface area contributed by atoms with Crippen LogP contribution in [0, 0.1) is 0 Å². The molecule has 3 fully saturated rings. The molecule has 0 aliphatic carbocycles. The summed E-state index contributed by atoms with van der Waals surface area (Å²) in [4.78, 5) is 61.1. The number of nitrogen functional groups attached to an aromatic ring is 3. The molecule has 0 spiro atoms. The minimum Gasteiger partial charge on any atom is -0.387 e. The van der Waals surface area contributed by atoms with Gasteiger partial charge in [-0.2, -0.15) is 0 Å². The van der Waals surface area contributed by atoms with Gasteiger partial charge >= 0.3 is 21.0 Å². The van der Waals surface area contributed by atoms with Crippen LogP contribution in [0.2, 0.25) is 0 Å². The number of nitrogens with two attached hydrogens (primary N) is 3. The lowest BCUT2D eigenvalue weighted by atomic mass is 10.1. The van der Waals surface area contributed by atoms with Gasteiger partial charge in [0.2, 0.25) is 0 Å². The Balaban J connectivity index is 0.941. The molecule has 36 heteroatoms. The van der Waals surface area contributed by atoms with E-state index in [0.29, 0.717) is 0 Å². The maximum Gasteiger partial charge on any atom is 0.330 e. The fourth-order valence-electron chi connectivity index (χ4n) is 8.54. The average molecular weight is 1090 g/mol. The van der Waals surface area contributed by atoms with Crippen molar-refractivity contribution in [1.82, 2.24) is 58.6 Å². The van der Waals surface area contributed by atoms with Gasteiger partial charge in [0, 0.05) is 28.4 Å². The highest BCUT2D eigenvalue weighted by Gasteiger charge is 2.53. The van der Waals surface area contributed by atoms with Gasteiger partial charge in [0.05, 0.1) is 44.5 Å². The number of ether oxygens (including phenoxy) is 5. The second kappa shape index (κ2) is 20.7. The van der Waals surface area contributed by atoms with Crippen LogP contribution in [-0.2, 0) is 79.0 Å². The van der Waals surface area contributed by atoms with E-state index in [1.54, 1.807) is 0 Å². The van der Waals surface area contributed by atoms with Crippen molar-refractivity contribution in [2.45, 2.75) is 80.0 Å². The second-order valence-corrected chi connectivity index (χ2v) is 24.0. The molecule has 3 aliphatic rings. The lowest BCUT2D eigenvalue weighted by molar-refractivity contribution is -0.0591. The number of fused-ring (bicyclic) bond motifs is 3. The standard InChI is InChI=1S/C35H48N15O16P3S2/c1-56-23-15(5-6-67(53,58-3)59-4)62-34(49-13-46-19-28(37)40-10-43-31(19)49)25(23)65-69(55,71)61-8-17-24(57-2)26(35(64-17)50-14-47-20-29(38)41-11-44-32(20)50)66-68(54,70)60-7-16-21(51)22(52)33(63-16)48-12-45-18-27(36)39-9-42-30(18)48/h9-17,21-26,33-35,51-52H,5-8H2,1-4H3,(H,54,70)(H,55,71)(H2,36,39,42)(H2,37,40,43)(H2,38,41,44)/t15-,16-,17-,21-,22-,23-,24-,25-,26-,33-,34-,35-,68-,69+/m1/s1. The molecule has 0 unspecified atom stereocenters. The zero-order valence-corrected chi connectivity index (χ0v) is 42.0. The molecule has 386 valence electrons. The maximum absolute atomic E-state index is 13.1. The summed E-state index contributed by atoms with van der Waals surface area (Å²) in [6.07, 6.45) is -6.95. The summed E-state index contributed by atoms with van der Waals surface area (Å²) >= 11 is 11.1. The number of methoxy groups -OCH3 is 2. The summed E-state index contributed by atoms with van der Waals surface area (Å²) < 4.78 is 82.4. The highest BCUT2D eigenvalue weighted by molar-refractivity contribution is 8.07. The van der Waals surface area contributed by atoms with Crippen molar-refractivity contribution in [3.8, 4) is 0 Å². The zero-order valence-electron chi connectivity index (χ0n) is 37.7. The van der Waals surface area contributed by atoms with Crippen molar-refractivity contribution < 1.29 is 75.4 Å². The number of aliphatic hydroxyl groups excluding tert-OH is 2. The van der Waals surface area contributed by atoms with Crippen LogP contribution in [0.3, 0.4) is 0 Å². The van der Waals surface area contributed by atoms with Gasteiger partial charge in [-0.3, -0.25) is 27.3 Å². The number of imidazole rings is 3. The van der Waals surface area contributed by atoms with Crippen LogP contribution in [0.25, 0.3) is 33.5 Å². The van der Waals surface area contributed by atoms with Crippen LogP contribution < -0.4 is 17.2 Å². The minimum absolute atomic E-state index is 0.0492. The zero-order chi connectivity index (χ0) is 50.6. The van der Waals surface area contributed by atoms with Crippen LogP contribution >= 0.6 is 21.0 Å². The predicted octanol–water partition coefficient (Wildman–Crippen LogP) is -0.190. The summed E-state index contributed by atoms with van der Waals surface area (Å²) in [6, 6.07) is 0. The molecule has 9 heterocycles. The molecule has 0 bridgehead atoms. The summed E-state index contributed by atoms with van der Waals surface area (Å²) in [7, 11) is 1.71. The largest absolute Gasteiger partial charge is 0.387 e. The Morgan fingerprint density at radius 3 is 1.41 bits per heavy atom. The molecule has 6 aromatic rings. The van der Waals surface area contributed by atoms with E-state index in [9.17, 15) is 24.6 Å². The molecule has 0 amide bonds. The topological polar surface area (TPSA) is 408 Å². The molecule has 14 atom stereocenters. The molecule has 0 saturated carbocycles. The van der Waals surface area contributed by atoms with Crippen LogP contribution in [-0.4, -0.2) is 181 Å². The molecule has 9 rings (SSSR count). The number of anilines is 3. The molecule has 71 heavy (non-hydrogen) atoms. The number of rotatable bonds is 20. The van der Waals surface area contributed by atoms with Crippen LogP contribution in [0.15, 0.2) is 38.0 Å². The van der Waals surface area contributed by atoms with Gasteiger partial charge in [-0.15, -0.1) is 0 Å². The fourth-order valence-corrected chi connectivity index (χ4v) is 12.4. The third kappa shape index (κ3) is 10.2. The molecule has 3 saturated heterocycles. The number of hydrogen-bond acceptors (Lipinski definition) is 28. The highest BCUT2D eigenvalue weighted by Crippen LogP contribution is 2.55. The Labute approximate surface area is 411 Å². The smallest absolute Gasteiger partial charge is 0.330 e. The van der Waals surface area contributed by atoms with Crippen LogP contribution in [0.1, 0.15) is 25.1 Å². The molecule has 10 N–H and O–H groups in total. The van der Waals surface area contributed by atoms with E-state index in [2.05, 4.69) is 44.9 Å². The van der Waals surface area contributed by atoms with Crippen molar-refractivity contribution in [3.05, 3.63) is 38.0 Å². The van der Waals surface area contributed by atoms with Gasteiger partial charge in [-0.1, -0.05) is 0 Å². The van der Waals surface area contributed by atoms with Crippen molar-refractivity contribution in [2.75, 3.05) is 65.0 Å². The van der Waals surface area contributed by atoms with Gasteiger partial charge in [0.25, 0.3) is 0 Å². The van der Waals surface area contributed by atoms with Gasteiger partial charge in [-0.25, -0.2) is 44.9 Å². The third-order valence-corrected chi connectivity index (χ3v) is 17.0. The first-order chi connectivity index (χ1) is 33.9. The molecular formula is C35H48N15O16P3S2. The second-order valence-electron chi connectivity index (χ2n) is 16.0. The van der Waals surface area contributed by atoms with Gasteiger partial charge in [0.1, 0.15) is 84.4 Å². The third-order valence-electron chi connectivity index (χ3n) is 12.0.